The molecule has 3 aliphatic heterocycles. The van der Waals surface area contributed by atoms with Gasteiger partial charge in [-0.05, 0) is 24.5 Å². The zero-order valence-corrected chi connectivity index (χ0v) is 14.1. The maximum absolute atomic E-state index is 12.7. The van der Waals surface area contributed by atoms with Crippen LogP contribution in [0.4, 0.5) is 0 Å². The van der Waals surface area contributed by atoms with Crippen molar-refractivity contribution in [2.24, 2.45) is 0 Å². The van der Waals surface area contributed by atoms with Gasteiger partial charge in [0.1, 0.15) is 5.69 Å². The van der Waals surface area contributed by atoms with Crippen LogP contribution in [-0.4, -0.2) is 38.4 Å². The summed E-state index contributed by atoms with van der Waals surface area (Å²) in [6.07, 6.45) is 8.94. The molecule has 1 amide bonds. The highest BCUT2D eigenvalue weighted by Gasteiger charge is 2.23. The lowest BCUT2D eigenvalue weighted by Gasteiger charge is -2.16. The van der Waals surface area contributed by atoms with E-state index in [1.54, 1.807) is 24.8 Å². The van der Waals surface area contributed by atoms with E-state index in [9.17, 15) is 9.59 Å². The Morgan fingerprint density at radius 2 is 2.35 bits per heavy atom. The summed E-state index contributed by atoms with van der Waals surface area (Å²) in [6, 6.07) is 3.70. The second kappa shape index (κ2) is 7.09. The minimum absolute atomic E-state index is 0.103. The second-order valence-corrected chi connectivity index (χ2v) is 6.36. The molecule has 134 valence electrons. The molecule has 0 bridgehead atoms. The predicted octanol–water partition coefficient (Wildman–Crippen LogP) is 1.18. The summed E-state index contributed by atoms with van der Waals surface area (Å²) in [5.74, 6) is -0.285. The van der Waals surface area contributed by atoms with Crippen molar-refractivity contribution in [2.45, 2.75) is 32.0 Å². The van der Waals surface area contributed by atoms with Crippen molar-refractivity contribution in [1.82, 2.24) is 25.1 Å². The van der Waals surface area contributed by atoms with Gasteiger partial charge in [-0.25, -0.2) is 5.10 Å². The Balaban J connectivity index is 1.59. The fourth-order valence-electron chi connectivity index (χ4n) is 3.17. The van der Waals surface area contributed by atoms with E-state index in [2.05, 4.69) is 20.5 Å². The first-order chi connectivity index (χ1) is 12.7. The van der Waals surface area contributed by atoms with Crippen LogP contribution < -0.4 is 10.9 Å². The van der Waals surface area contributed by atoms with Crippen LogP contribution in [0.5, 0.6) is 0 Å². The van der Waals surface area contributed by atoms with Crippen molar-refractivity contribution >= 4 is 5.91 Å². The zero-order chi connectivity index (χ0) is 17.9. The molecule has 0 saturated carbocycles. The highest BCUT2D eigenvalue weighted by atomic mass is 16.5. The largest absolute Gasteiger partial charge is 0.376 e. The fourth-order valence-corrected chi connectivity index (χ4v) is 3.17. The second-order valence-electron chi connectivity index (χ2n) is 6.36. The number of fused-ring (bicyclic) bond motifs is 1. The molecule has 0 aromatic carbocycles. The van der Waals surface area contributed by atoms with E-state index in [1.807, 2.05) is 16.7 Å². The lowest BCUT2D eigenvalue weighted by Crippen LogP contribution is -2.25. The summed E-state index contributed by atoms with van der Waals surface area (Å²) in [5.41, 5.74) is 1.73. The normalized spacial score (nSPS) is 16.8. The molecular weight excluding hydrogens is 334 g/mol. The van der Waals surface area contributed by atoms with E-state index < -0.39 is 0 Å². The molecule has 1 aromatic heterocycles. The molecule has 1 fully saturated rings. The molecule has 1 atom stereocenters. The number of aromatic amines is 1. The highest BCUT2D eigenvalue weighted by molar-refractivity contribution is 5.99. The van der Waals surface area contributed by atoms with Crippen LogP contribution in [0, 0.1) is 0 Å². The van der Waals surface area contributed by atoms with Crippen molar-refractivity contribution in [3.8, 4) is 11.3 Å². The van der Waals surface area contributed by atoms with Crippen LogP contribution in [-0.2, 0) is 17.8 Å². The number of carbonyl (C=O) groups is 1. The third-order valence-electron chi connectivity index (χ3n) is 4.47. The number of rotatable bonds is 5. The topological polar surface area (TPSA) is 102 Å². The molecule has 8 heteroatoms. The molecule has 4 heterocycles. The van der Waals surface area contributed by atoms with Gasteiger partial charge in [0, 0.05) is 44.5 Å². The zero-order valence-electron chi connectivity index (χ0n) is 14.1. The Kier molecular flexibility index (Phi) is 4.49. The van der Waals surface area contributed by atoms with E-state index >= 15 is 0 Å². The minimum atomic E-state index is -0.303. The van der Waals surface area contributed by atoms with E-state index in [0.29, 0.717) is 29.9 Å². The lowest BCUT2D eigenvalue weighted by molar-refractivity contribution is 0.0935. The van der Waals surface area contributed by atoms with Gasteiger partial charge in [-0.1, -0.05) is 6.07 Å². The van der Waals surface area contributed by atoms with Crippen molar-refractivity contribution in [1.29, 1.82) is 0 Å². The third-order valence-corrected chi connectivity index (χ3v) is 4.47. The number of hydrogen-bond acceptors (Lipinski definition) is 5. The van der Waals surface area contributed by atoms with Gasteiger partial charge < -0.3 is 14.6 Å². The van der Waals surface area contributed by atoms with Crippen LogP contribution in [0.1, 0.15) is 28.8 Å². The summed E-state index contributed by atoms with van der Waals surface area (Å²) >= 11 is 0. The van der Waals surface area contributed by atoms with Gasteiger partial charge in [0.15, 0.2) is 0 Å². The van der Waals surface area contributed by atoms with Gasteiger partial charge in [-0.15, -0.1) is 0 Å². The maximum atomic E-state index is 12.7. The van der Waals surface area contributed by atoms with Gasteiger partial charge in [0.25, 0.3) is 11.5 Å². The summed E-state index contributed by atoms with van der Waals surface area (Å²) in [5, 5.41) is 9.30. The van der Waals surface area contributed by atoms with Gasteiger partial charge in [-0.2, -0.15) is 5.10 Å². The molecule has 26 heavy (non-hydrogen) atoms. The standard InChI is InChI=1S/C18H19N5O3/c24-17(20-8-12-3-1-5-19-7-12)14-10-23(9-13-4-2-6-26-13)11-15-16(14)21-22-18(15)25/h1,3,5,7,10-11,13H,2,4,6,8-9H2,(H,20,24)(H,22,25). The third kappa shape index (κ3) is 3.36. The maximum Gasteiger partial charge on any atom is 0.275 e. The Bertz CT molecular complexity index is 928. The summed E-state index contributed by atoms with van der Waals surface area (Å²) in [7, 11) is 0. The van der Waals surface area contributed by atoms with E-state index in [1.165, 1.54) is 0 Å². The van der Waals surface area contributed by atoms with Crippen LogP contribution in [0.25, 0.3) is 11.3 Å². The Morgan fingerprint density at radius 1 is 1.42 bits per heavy atom. The molecule has 8 nitrogen and oxygen atoms in total. The first-order valence-corrected chi connectivity index (χ1v) is 8.57. The molecule has 0 aliphatic carbocycles. The molecule has 1 unspecified atom stereocenters. The van der Waals surface area contributed by atoms with Crippen molar-refractivity contribution < 1.29 is 9.53 Å². The average Bonchev–Trinajstić information content (AvgIpc) is 3.30. The van der Waals surface area contributed by atoms with Crippen molar-refractivity contribution in [3.63, 3.8) is 0 Å². The van der Waals surface area contributed by atoms with Crippen LogP contribution >= 0.6 is 0 Å². The Hall–Kier alpha value is -3.00. The van der Waals surface area contributed by atoms with Gasteiger partial charge in [0.2, 0.25) is 0 Å². The number of ether oxygens (including phenoxy) is 1. The van der Waals surface area contributed by atoms with Crippen molar-refractivity contribution in [2.75, 3.05) is 6.61 Å². The number of nitrogens with one attached hydrogen (secondary N) is 2. The van der Waals surface area contributed by atoms with Crippen LogP contribution in [0.15, 0.2) is 41.7 Å². The molecule has 1 aromatic rings. The smallest absolute Gasteiger partial charge is 0.275 e. The van der Waals surface area contributed by atoms with E-state index in [-0.39, 0.29) is 17.6 Å². The fraction of sp³-hybridized carbons (Fsp3) is 0.333. The minimum Gasteiger partial charge on any atom is -0.376 e. The number of H-pyrrole nitrogens is 1. The SMILES string of the molecule is O=C(NCc1cccnc1)c1cn(CC2CCCO2)cc2c(=O)[nH]nc1-2. The Labute approximate surface area is 149 Å². The lowest BCUT2D eigenvalue weighted by atomic mass is 10.1. The predicted molar refractivity (Wildman–Crippen MR) is 93.9 cm³/mol. The number of amides is 1. The summed E-state index contributed by atoms with van der Waals surface area (Å²) < 4.78 is 7.50. The van der Waals surface area contributed by atoms with Gasteiger partial charge in [-0.3, -0.25) is 14.6 Å². The van der Waals surface area contributed by atoms with Gasteiger partial charge in [0.05, 0.1) is 17.2 Å². The van der Waals surface area contributed by atoms with Crippen LogP contribution in [0.2, 0.25) is 0 Å². The van der Waals surface area contributed by atoms with E-state index in [0.717, 1.165) is 25.0 Å². The molecule has 3 aliphatic rings. The molecule has 2 N–H and O–H groups in total. The molecule has 1 saturated heterocycles. The van der Waals surface area contributed by atoms with Gasteiger partial charge >= 0.3 is 0 Å². The molecular formula is C18H19N5O3. The number of nitrogens with zero attached hydrogens (tertiary/aromatic N) is 3. The van der Waals surface area contributed by atoms with E-state index in [4.69, 9.17) is 4.74 Å². The number of pyridine rings is 2. The monoisotopic (exact) mass is 353 g/mol. The number of carbonyl (C=O) groups excluding carboxylic acids is 1. The summed E-state index contributed by atoms with van der Waals surface area (Å²) in [4.78, 5) is 28.8. The Morgan fingerprint density at radius 3 is 3.12 bits per heavy atom. The van der Waals surface area contributed by atoms with Crippen LogP contribution in [0.3, 0.4) is 0 Å². The first-order valence-electron chi connectivity index (χ1n) is 8.57. The van der Waals surface area contributed by atoms with Crippen molar-refractivity contribution in [3.05, 3.63) is 58.4 Å². The average molecular weight is 353 g/mol. The first kappa shape index (κ1) is 16.5. The molecule has 0 spiro atoms. The highest BCUT2D eigenvalue weighted by Crippen LogP contribution is 2.22. The number of aromatic nitrogens is 4. The quantitative estimate of drug-likeness (QED) is 0.717. The summed E-state index contributed by atoms with van der Waals surface area (Å²) in [6.45, 7) is 1.71. The molecule has 0 radical (unpaired) electrons. The number of hydrogen-bond donors (Lipinski definition) is 2. The molecule has 4 rings (SSSR count).